The number of hydrogen-bond donors (Lipinski definition) is 2. The first-order chi connectivity index (χ1) is 6.57. The molecule has 1 heterocycles. The van der Waals surface area contributed by atoms with Crippen LogP contribution in [0.3, 0.4) is 0 Å². The van der Waals surface area contributed by atoms with Crippen molar-refractivity contribution in [3.05, 3.63) is 0 Å². The number of nitrogens with one attached hydrogen (secondary N) is 1. The van der Waals surface area contributed by atoms with Gasteiger partial charge in [-0.2, -0.15) is 0 Å². The van der Waals surface area contributed by atoms with Crippen LogP contribution < -0.4 is 11.3 Å². The van der Waals surface area contributed by atoms with Gasteiger partial charge in [0.2, 0.25) is 0 Å². The largest absolute Gasteiger partial charge is 0.331 e. The van der Waals surface area contributed by atoms with Crippen molar-refractivity contribution in [1.82, 2.24) is 10.3 Å². The maximum absolute atomic E-state index is 11.5. The number of carbonyl (C=O) groups is 2. The Balaban J connectivity index is 2.67. The monoisotopic (exact) mass is 199 g/mol. The molecule has 0 aromatic rings. The Hall–Kier alpha value is -1.10. The van der Waals surface area contributed by atoms with Gasteiger partial charge in [0.05, 0.1) is 0 Å². The van der Waals surface area contributed by atoms with E-state index in [4.69, 9.17) is 5.84 Å². The third kappa shape index (κ3) is 2.04. The van der Waals surface area contributed by atoms with Crippen LogP contribution in [-0.2, 0) is 9.59 Å². The zero-order valence-electron chi connectivity index (χ0n) is 8.62. The Morgan fingerprint density at radius 3 is 2.64 bits per heavy atom. The Morgan fingerprint density at radius 1 is 1.50 bits per heavy atom. The smallest absolute Gasteiger partial charge is 0.323 e. The summed E-state index contributed by atoms with van der Waals surface area (Å²) in [6, 6.07) is 0.180. The van der Waals surface area contributed by atoms with E-state index in [1.165, 1.54) is 0 Å². The summed E-state index contributed by atoms with van der Waals surface area (Å²) in [5, 5.41) is 0. The van der Waals surface area contributed by atoms with Crippen LogP contribution in [0.4, 0.5) is 0 Å². The zero-order chi connectivity index (χ0) is 10.7. The van der Waals surface area contributed by atoms with Gasteiger partial charge in [-0.15, -0.1) is 0 Å². The average Bonchev–Trinajstić information content (AvgIpc) is 2.63. The molecule has 5 heteroatoms. The minimum atomic E-state index is -0.724. The Labute approximate surface area is 83.6 Å². The van der Waals surface area contributed by atoms with E-state index >= 15 is 0 Å². The molecule has 0 radical (unpaired) electrons. The number of nitrogens with zero attached hydrogens (tertiary/aromatic N) is 1. The molecule has 0 aromatic heterocycles. The number of carbonyl (C=O) groups excluding carboxylic acids is 2. The van der Waals surface area contributed by atoms with E-state index < -0.39 is 11.8 Å². The highest BCUT2D eigenvalue weighted by atomic mass is 16.2. The number of amides is 2. The second kappa shape index (κ2) is 4.41. The fraction of sp³-hybridized carbons (Fsp3) is 0.778. The van der Waals surface area contributed by atoms with Crippen LogP contribution in [0.15, 0.2) is 0 Å². The highest BCUT2D eigenvalue weighted by Gasteiger charge is 2.33. The molecule has 1 saturated heterocycles. The predicted molar refractivity (Wildman–Crippen MR) is 51.9 cm³/mol. The molecule has 0 spiro atoms. The van der Waals surface area contributed by atoms with Gasteiger partial charge in [-0.25, -0.2) is 5.84 Å². The van der Waals surface area contributed by atoms with Crippen LogP contribution in [0.5, 0.6) is 0 Å². The molecule has 1 unspecified atom stereocenters. The van der Waals surface area contributed by atoms with E-state index in [1.54, 1.807) is 4.90 Å². The number of hydrogen-bond acceptors (Lipinski definition) is 3. The summed E-state index contributed by atoms with van der Waals surface area (Å²) in [4.78, 5) is 24.2. The molecule has 1 atom stereocenters. The molecule has 0 bridgehead atoms. The van der Waals surface area contributed by atoms with Crippen LogP contribution in [0.2, 0.25) is 0 Å². The van der Waals surface area contributed by atoms with Gasteiger partial charge < -0.3 is 4.90 Å². The summed E-state index contributed by atoms with van der Waals surface area (Å²) in [6.45, 7) is 4.77. The highest BCUT2D eigenvalue weighted by molar-refractivity contribution is 6.34. The van der Waals surface area contributed by atoms with Crippen molar-refractivity contribution in [3.8, 4) is 0 Å². The SMILES string of the molecule is CC(C)C1CCCN1C(=O)C(=O)NN. The standard InChI is InChI=1S/C9H17N3O2/c1-6(2)7-4-3-5-12(7)9(14)8(13)11-10/h6-7H,3-5,10H2,1-2H3,(H,11,13). The molecule has 80 valence electrons. The number of likely N-dealkylation sites (tertiary alicyclic amines) is 1. The molecule has 1 fully saturated rings. The first-order valence-electron chi connectivity index (χ1n) is 4.89. The quantitative estimate of drug-likeness (QED) is 0.262. The molecule has 1 rings (SSSR count). The molecule has 1 aliphatic heterocycles. The number of nitrogens with two attached hydrogens (primary N) is 1. The van der Waals surface area contributed by atoms with Gasteiger partial charge in [0.25, 0.3) is 0 Å². The Kier molecular flexibility index (Phi) is 3.46. The van der Waals surface area contributed by atoms with Gasteiger partial charge in [-0.05, 0) is 18.8 Å². The molecule has 1 aliphatic rings. The zero-order valence-corrected chi connectivity index (χ0v) is 8.62. The van der Waals surface area contributed by atoms with Crippen molar-refractivity contribution in [1.29, 1.82) is 0 Å². The van der Waals surface area contributed by atoms with Gasteiger partial charge in [0.15, 0.2) is 0 Å². The second-order valence-corrected chi connectivity index (χ2v) is 3.93. The third-order valence-corrected chi connectivity index (χ3v) is 2.65. The second-order valence-electron chi connectivity index (χ2n) is 3.93. The molecular formula is C9H17N3O2. The summed E-state index contributed by atoms with van der Waals surface area (Å²) in [5.41, 5.74) is 1.87. The van der Waals surface area contributed by atoms with Crippen molar-refractivity contribution in [3.63, 3.8) is 0 Å². The lowest BCUT2D eigenvalue weighted by atomic mass is 10.0. The molecule has 0 aliphatic carbocycles. The lowest BCUT2D eigenvalue weighted by molar-refractivity contribution is -0.146. The Bertz CT molecular complexity index is 240. The highest BCUT2D eigenvalue weighted by Crippen LogP contribution is 2.23. The molecule has 5 nitrogen and oxygen atoms in total. The first-order valence-corrected chi connectivity index (χ1v) is 4.89. The van der Waals surface area contributed by atoms with E-state index in [-0.39, 0.29) is 6.04 Å². The van der Waals surface area contributed by atoms with Gasteiger partial charge >= 0.3 is 11.8 Å². The Morgan fingerprint density at radius 2 is 2.14 bits per heavy atom. The average molecular weight is 199 g/mol. The fourth-order valence-corrected chi connectivity index (χ4v) is 1.93. The van der Waals surface area contributed by atoms with Crippen LogP contribution in [0.1, 0.15) is 26.7 Å². The van der Waals surface area contributed by atoms with E-state index in [1.807, 2.05) is 5.43 Å². The maximum atomic E-state index is 11.5. The maximum Gasteiger partial charge on any atom is 0.323 e. The van der Waals surface area contributed by atoms with Gasteiger partial charge in [-0.3, -0.25) is 15.0 Å². The van der Waals surface area contributed by atoms with Crippen molar-refractivity contribution in [2.75, 3.05) is 6.54 Å². The summed E-state index contributed by atoms with van der Waals surface area (Å²) >= 11 is 0. The van der Waals surface area contributed by atoms with Crippen LogP contribution in [-0.4, -0.2) is 29.3 Å². The normalized spacial score (nSPS) is 21.4. The minimum absolute atomic E-state index is 0.180. The van der Waals surface area contributed by atoms with Crippen molar-refractivity contribution in [2.45, 2.75) is 32.7 Å². The predicted octanol–water partition coefficient (Wildman–Crippen LogP) is -0.377. The van der Waals surface area contributed by atoms with Crippen LogP contribution in [0.25, 0.3) is 0 Å². The van der Waals surface area contributed by atoms with Crippen molar-refractivity contribution >= 4 is 11.8 Å². The summed E-state index contributed by atoms with van der Waals surface area (Å²) in [6.07, 6.45) is 1.94. The van der Waals surface area contributed by atoms with Crippen molar-refractivity contribution in [2.24, 2.45) is 11.8 Å². The van der Waals surface area contributed by atoms with E-state index in [0.29, 0.717) is 12.5 Å². The summed E-state index contributed by atoms with van der Waals surface area (Å²) < 4.78 is 0. The molecular weight excluding hydrogens is 182 g/mol. The van der Waals surface area contributed by atoms with Gasteiger partial charge in [-0.1, -0.05) is 13.8 Å². The lowest BCUT2D eigenvalue weighted by Gasteiger charge is -2.26. The van der Waals surface area contributed by atoms with E-state index in [9.17, 15) is 9.59 Å². The molecule has 3 N–H and O–H groups in total. The topological polar surface area (TPSA) is 75.4 Å². The number of hydrazine groups is 1. The summed E-state index contributed by atoms with van der Waals surface area (Å²) in [7, 11) is 0. The number of rotatable bonds is 1. The van der Waals surface area contributed by atoms with Gasteiger partial charge in [0.1, 0.15) is 0 Å². The van der Waals surface area contributed by atoms with Crippen molar-refractivity contribution < 1.29 is 9.59 Å². The van der Waals surface area contributed by atoms with E-state index in [0.717, 1.165) is 12.8 Å². The fourth-order valence-electron chi connectivity index (χ4n) is 1.93. The minimum Gasteiger partial charge on any atom is -0.331 e. The first kappa shape index (κ1) is 11.0. The molecule has 2 amide bonds. The van der Waals surface area contributed by atoms with Crippen LogP contribution in [0, 0.1) is 5.92 Å². The van der Waals surface area contributed by atoms with Crippen LogP contribution >= 0.6 is 0 Å². The third-order valence-electron chi connectivity index (χ3n) is 2.65. The molecule has 0 saturated carbocycles. The van der Waals surface area contributed by atoms with Gasteiger partial charge in [0, 0.05) is 12.6 Å². The lowest BCUT2D eigenvalue weighted by Crippen LogP contribution is -2.48. The van der Waals surface area contributed by atoms with E-state index in [2.05, 4.69) is 13.8 Å². The summed E-state index contributed by atoms with van der Waals surface area (Å²) in [5.74, 6) is 4.06. The molecule has 14 heavy (non-hydrogen) atoms. The molecule has 0 aromatic carbocycles.